The fourth-order valence-electron chi connectivity index (χ4n) is 1.90. The Hall–Kier alpha value is -3.22. The number of nitrogens with zero attached hydrogens (tertiary/aromatic N) is 1. The smallest absolute Gasteiger partial charge is 0.404 e. The number of nitro benzene ring substituents is 1. The van der Waals surface area contributed by atoms with Crippen molar-refractivity contribution in [3.05, 3.63) is 75.3 Å². The van der Waals surface area contributed by atoms with Gasteiger partial charge in [-0.2, -0.15) is 0 Å². The lowest BCUT2D eigenvalue weighted by Gasteiger charge is -2.04. The average Bonchev–Trinajstić information content (AvgIpc) is 2.55. The SMILES string of the molecule is CCOC(N)=O.Cc1cc([N+](=O)[O-])ccc1C(=O)c1ccccc1. The molecule has 0 fully saturated rings. The van der Waals surface area contributed by atoms with Crippen LogP contribution in [-0.2, 0) is 4.74 Å². The number of hydrogen-bond acceptors (Lipinski definition) is 5. The van der Waals surface area contributed by atoms with E-state index in [9.17, 15) is 19.7 Å². The van der Waals surface area contributed by atoms with Crippen LogP contribution in [0, 0.1) is 17.0 Å². The number of benzene rings is 2. The van der Waals surface area contributed by atoms with E-state index >= 15 is 0 Å². The summed E-state index contributed by atoms with van der Waals surface area (Å²) in [7, 11) is 0. The maximum atomic E-state index is 12.2. The number of aryl methyl sites for hydroxylation is 1. The number of carbonyl (C=O) groups excluding carboxylic acids is 2. The van der Waals surface area contributed by atoms with Crippen LogP contribution >= 0.6 is 0 Å². The highest BCUT2D eigenvalue weighted by molar-refractivity contribution is 6.09. The van der Waals surface area contributed by atoms with Gasteiger partial charge in [0.25, 0.3) is 5.69 Å². The number of ether oxygens (including phenoxy) is 1. The van der Waals surface area contributed by atoms with E-state index in [1.54, 1.807) is 38.1 Å². The molecule has 2 aromatic rings. The van der Waals surface area contributed by atoms with Crippen LogP contribution in [0.5, 0.6) is 0 Å². The van der Waals surface area contributed by atoms with Crippen molar-refractivity contribution in [3.63, 3.8) is 0 Å². The Morgan fingerprint density at radius 2 is 1.79 bits per heavy atom. The van der Waals surface area contributed by atoms with Gasteiger partial charge < -0.3 is 10.5 Å². The van der Waals surface area contributed by atoms with Gasteiger partial charge in [0.05, 0.1) is 11.5 Å². The zero-order chi connectivity index (χ0) is 18.1. The zero-order valence-corrected chi connectivity index (χ0v) is 13.4. The Morgan fingerprint density at radius 1 is 1.17 bits per heavy atom. The van der Waals surface area contributed by atoms with Gasteiger partial charge in [0.15, 0.2) is 5.78 Å². The van der Waals surface area contributed by atoms with E-state index in [0.717, 1.165) is 0 Å². The van der Waals surface area contributed by atoms with Crippen molar-refractivity contribution in [2.75, 3.05) is 6.61 Å². The van der Waals surface area contributed by atoms with Gasteiger partial charge in [-0.25, -0.2) is 4.79 Å². The third kappa shape index (κ3) is 5.53. The minimum absolute atomic E-state index is 0.00267. The predicted molar refractivity (Wildman–Crippen MR) is 88.9 cm³/mol. The van der Waals surface area contributed by atoms with Gasteiger partial charge in [0.2, 0.25) is 0 Å². The van der Waals surface area contributed by atoms with Crippen molar-refractivity contribution >= 4 is 17.6 Å². The molecule has 0 spiro atoms. The van der Waals surface area contributed by atoms with Gasteiger partial charge in [0, 0.05) is 23.3 Å². The van der Waals surface area contributed by atoms with E-state index in [0.29, 0.717) is 23.3 Å². The van der Waals surface area contributed by atoms with Crippen LogP contribution in [0.2, 0.25) is 0 Å². The number of hydrogen-bond donors (Lipinski definition) is 1. The van der Waals surface area contributed by atoms with Crippen LogP contribution in [0.3, 0.4) is 0 Å². The summed E-state index contributed by atoms with van der Waals surface area (Å²) in [6.45, 7) is 3.75. The fraction of sp³-hybridized carbons (Fsp3) is 0.176. The number of nitro groups is 1. The first-order valence-corrected chi connectivity index (χ1v) is 7.13. The van der Waals surface area contributed by atoms with E-state index in [2.05, 4.69) is 10.5 Å². The van der Waals surface area contributed by atoms with Crippen LogP contribution < -0.4 is 5.73 Å². The van der Waals surface area contributed by atoms with Crippen LogP contribution in [0.4, 0.5) is 10.5 Å². The molecule has 126 valence electrons. The Bertz CT molecular complexity index is 729. The quantitative estimate of drug-likeness (QED) is 0.525. The molecular formula is C17H18N2O5. The second-order valence-electron chi connectivity index (χ2n) is 4.70. The Morgan fingerprint density at radius 3 is 2.21 bits per heavy atom. The first kappa shape index (κ1) is 18.8. The summed E-state index contributed by atoms with van der Waals surface area (Å²) in [5, 5.41) is 10.6. The molecule has 7 nitrogen and oxygen atoms in total. The van der Waals surface area contributed by atoms with Gasteiger partial charge in [-0.15, -0.1) is 0 Å². The second kappa shape index (κ2) is 9.04. The molecule has 2 rings (SSSR count). The molecule has 0 heterocycles. The topological polar surface area (TPSA) is 113 Å². The summed E-state index contributed by atoms with van der Waals surface area (Å²) < 4.78 is 4.18. The van der Waals surface area contributed by atoms with Crippen molar-refractivity contribution < 1.29 is 19.2 Å². The highest BCUT2D eigenvalue weighted by Gasteiger charge is 2.14. The molecule has 0 saturated heterocycles. The highest BCUT2D eigenvalue weighted by Crippen LogP contribution is 2.19. The van der Waals surface area contributed by atoms with Gasteiger partial charge >= 0.3 is 6.09 Å². The number of primary amides is 1. The number of carbonyl (C=O) groups is 2. The van der Waals surface area contributed by atoms with Crippen LogP contribution in [0.25, 0.3) is 0 Å². The van der Waals surface area contributed by atoms with E-state index in [-0.39, 0.29) is 11.5 Å². The first-order valence-electron chi connectivity index (χ1n) is 7.13. The molecule has 0 saturated carbocycles. The molecule has 0 atom stereocenters. The lowest BCUT2D eigenvalue weighted by Crippen LogP contribution is -2.11. The molecule has 0 bridgehead atoms. The van der Waals surface area contributed by atoms with Crippen molar-refractivity contribution in [1.29, 1.82) is 0 Å². The summed E-state index contributed by atoms with van der Waals surface area (Å²) in [4.78, 5) is 31.9. The average molecular weight is 330 g/mol. The van der Waals surface area contributed by atoms with Crippen molar-refractivity contribution in [2.24, 2.45) is 5.73 Å². The molecule has 0 aliphatic carbocycles. The number of nitrogens with two attached hydrogens (primary N) is 1. The van der Waals surface area contributed by atoms with Crippen LogP contribution in [-0.4, -0.2) is 23.4 Å². The Labute approximate surface area is 139 Å². The third-order valence-electron chi connectivity index (χ3n) is 2.99. The van der Waals surface area contributed by atoms with Crippen LogP contribution in [0.15, 0.2) is 48.5 Å². The third-order valence-corrected chi connectivity index (χ3v) is 2.99. The molecule has 0 aliphatic heterocycles. The lowest BCUT2D eigenvalue weighted by molar-refractivity contribution is -0.384. The number of non-ortho nitro benzene ring substituents is 1. The summed E-state index contributed by atoms with van der Waals surface area (Å²) in [5.41, 5.74) is 6.22. The largest absolute Gasteiger partial charge is 0.450 e. The molecule has 0 aliphatic rings. The molecule has 0 unspecified atom stereocenters. The number of rotatable bonds is 4. The lowest BCUT2D eigenvalue weighted by atomic mass is 9.99. The van der Waals surface area contributed by atoms with Gasteiger partial charge in [-0.3, -0.25) is 14.9 Å². The molecule has 0 aromatic heterocycles. The minimum atomic E-state index is -0.711. The summed E-state index contributed by atoms with van der Waals surface area (Å²) in [5.74, 6) is -0.122. The van der Waals surface area contributed by atoms with E-state index < -0.39 is 11.0 Å². The normalized spacial score (nSPS) is 9.42. The van der Waals surface area contributed by atoms with Gasteiger partial charge in [0.1, 0.15) is 0 Å². The Kier molecular flexibility index (Phi) is 7.09. The standard InChI is InChI=1S/C14H11NO3.C3H7NO2/c1-10-9-12(15(17)18)7-8-13(10)14(16)11-5-3-2-4-6-11;1-2-6-3(4)5/h2-9H,1H3;2H2,1H3,(H2,4,5). The molecule has 2 aromatic carbocycles. The van der Waals surface area contributed by atoms with Crippen molar-refractivity contribution in [1.82, 2.24) is 0 Å². The highest BCUT2D eigenvalue weighted by atomic mass is 16.6. The summed E-state index contributed by atoms with van der Waals surface area (Å²) >= 11 is 0. The molecule has 2 N–H and O–H groups in total. The number of ketones is 1. The second-order valence-corrected chi connectivity index (χ2v) is 4.70. The van der Waals surface area contributed by atoms with Crippen LogP contribution in [0.1, 0.15) is 28.4 Å². The van der Waals surface area contributed by atoms with E-state index in [1.807, 2.05) is 6.07 Å². The van der Waals surface area contributed by atoms with Crippen molar-refractivity contribution in [3.8, 4) is 0 Å². The van der Waals surface area contributed by atoms with Crippen molar-refractivity contribution in [2.45, 2.75) is 13.8 Å². The monoisotopic (exact) mass is 330 g/mol. The molecular weight excluding hydrogens is 312 g/mol. The Balaban J connectivity index is 0.000000413. The maximum absolute atomic E-state index is 12.2. The zero-order valence-electron chi connectivity index (χ0n) is 13.4. The molecule has 24 heavy (non-hydrogen) atoms. The van der Waals surface area contributed by atoms with E-state index in [4.69, 9.17) is 0 Å². The molecule has 1 amide bonds. The van der Waals surface area contributed by atoms with Gasteiger partial charge in [-0.05, 0) is 25.5 Å². The van der Waals surface area contributed by atoms with Gasteiger partial charge in [-0.1, -0.05) is 30.3 Å². The summed E-state index contributed by atoms with van der Waals surface area (Å²) in [6, 6.07) is 13.1. The number of amides is 1. The first-order chi connectivity index (χ1) is 11.4. The summed E-state index contributed by atoms with van der Waals surface area (Å²) in [6.07, 6.45) is -0.711. The minimum Gasteiger partial charge on any atom is -0.450 e. The fourth-order valence-corrected chi connectivity index (χ4v) is 1.90. The molecule has 0 radical (unpaired) electrons. The predicted octanol–water partition coefficient (Wildman–Crippen LogP) is 3.24. The maximum Gasteiger partial charge on any atom is 0.404 e. The molecule has 7 heteroatoms. The van der Waals surface area contributed by atoms with E-state index in [1.165, 1.54) is 18.2 Å².